The van der Waals surface area contributed by atoms with Crippen LogP contribution >= 0.6 is 22.9 Å². The van der Waals surface area contributed by atoms with E-state index in [-0.39, 0.29) is 11.9 Å². The van der Waals surface area contributed by atoms with Gasteiger partial charge in [0, 0.05) is 15.9 Å². The third-order valence-corrected chi connectivity index (χ3v) is 5.52. The van der Waals surface area contributed by atoms with Crippen LogP contribution in [-0.2, 0) is 4.79 Å². The second kappa shape index (κ2) is 7.47. The summed E-state index contributed by atoms with van der Waals surface area (Å²) >= 11 is 7.79. The Bertz CT molecular complexity index is 659. The van der Waals surface area contributed by atoms with Crippen LogP contribution in [-0.4, -0.2) is 23.9 Å². The van der Waals surface area contributed by atoms with Crippen LogP contribution in [0, 0.1) is 0 Å². The Balaban J connectivity index is 1.58. The van der Waals surface area contributed by atoms with Gasteiger partial charge >= 0.3 is 0 Å². The highest BCUT2D eigenvalue weighted by Crippen LogP contribution is 2.34. The third kappa shape index (κ3) is 4.14. The van der Waals surface area contributed by atoms with Gasteiger partial charge in [-0.1, -0.05) is 29.8 Å². The van der Waals surface area contributed by atoms with Crippen LogP contribution in [0.2, 0.25) is 5.02 Å². The molecule has 0 bridgehead atoms. The molecule has 2 atom stereocenters. The van der Waals surface area contributed by atoms with Crippen molar-refractivity contribution in [3.05, 3.63) is 57.2 Å². The molecule has 122 valence electrons. The predicted octanol–water partition coefficient (Wildman–Crippen LogP) is 4.42. The summed E-state index contributed by atoms with van der Waals surface area (Å²) in [6.07, 6.45) is 2.29. The fourth-order valence-electron chi connectivity index (χ4n) is 3.15. The summed E-state index contributed by atoms with van der Waals surface area (Å²) in [5.74, 6) is 0.0703. The minimum Gasteiger partial charge on any atom is -0.348 e. The normalized spacial score (nSPS) is 19.7. The Hall–Kier alpha value is -1.36. The highest BCUT2D eigenvalue weighted by atomic mass is 35.5. The molecule has 3 nitrogen and oxygen atoms in total. The van der Waals surface area contributed by atoms with E-state index in [2.05, 4.69) is 27.7 Å². The molecule has 1 saturated heterocycles. The van der Waals surface area contributed by atoms with Gasteiger partial charge in [0.1, 0.15) is 0 Å². The Morgan fingerprint density at radius 3 is 3.04 bits per heavy atom. The van der Waals surface area contributed by atoms with Gasteiger partial charge in [-0.3, -0.25) is 9.69 Å². The van der Waals surface area contributed by atoms with Crippen molar-refractivity contribution in [3.8, 4) is 0 Å². The number of nitrogens with zero attached hydrogens (tertiary/aromatic N) is 1. The summed E-state index contributed by atoms with van der Waals surface area (Å²) in [7, 11) is 0. The van der Waals surface area contributed by atoms with E-state index in [0.717, 1.165) is 24.9 Å². The lowest BCUT2D eigenvalue weighted by molar-refractivity contribution is -0.123. The Labute approximate surface area is 146 Å². The quantitative estimate of drug-likeness (QED) is 0.867. The van der Waals surface area contributed by atoms with E-state index < -0.39 is 0 Å². The molecule has 0 radical (unpaired) electrons. The molecule has 0 aliphatic carbocycles. The first kappa shape index (κ1) is 16.5. The van der Waals surface area contributed by atoms with Crippen molar-refractivity contribution in [2.24, 2.45) is 0 Å². The number of hydrogen-bond acceptors (Lipinski definition) is 3. The number of carbonyl (C=O) groups is 1. The molecule has 1 fully saturated rings. The van der Waals surface area contributed by atoms with Crippen LogP contribution in [0.25, 0.3) is 0 Å². The number of amides is 1. The Kier molecular flexibility index (Phi) is 5.36. The van der Waals surface area contributed by atoms with Gasteiger partial charge in [-0.2, -0.15) is 0 Å². The number of thiophene rings is 1. The van der Waals surface area contributed by atoms with Crippen LogP contribution in [0.3, 0.4) is 0 Å². The monoisotopic (exact) mass is 348 g/mol. The standard InChI is InChI=1S/C18H21ClN2OS/c1-13(14-5-2-6-15(19)11-14)20-18(22)12-21-9-3-7-16(21)17-8-4-10-23-17/h2,4-6,8,10-11,13,16H,3,7,9,12H2,1H3,(H,20,22). The zero-order valence-electron chi connectivity index (χ0n) is 13.2. The molecule has 2 unspecified atom stereocenters. The summed E-state index contributed by atoms with van der Waals surface area (Å²) < 4.78 is 0. The second-order valence-electron chi connectivity index (χ2n) is 5.99. The average Bonchev–Trinajstić information content (AvgIpc) is 3.17. The molecule has 1 aliphatic rings. The molecule has 2 heterocycles. The summed E-state index contributed by atoms with van der Waals surface area (Å²) in [5, 5.41) is 5.88. The molecule has 1 amide bonds. The average molecular weight is 349 g/mol. The van der Waals surface area contributed by atoms with Gasteiger partial charge in [0.05, 0.1) is 12.6 Å². The summed E-state index contributed by atoms with van der Waals surface area (Å²) in [6, 6.07) is 12.2. The summed E-state index contributed by atoms with van der Waals surface area (Å²) in [5.41, 5.74) is 1.03. The van der Waals surface area contributed by atoms with Crippen LogP contribution < -0.4 is 5.32 Å². The van der Waals surface area contributed by atoms with Crippen LogP contribution in [0.15, 0.2) is 41.8 Å². The SMILES string of the molecule is CC(NC(=O)CN1CCCC1c1cccs1)c1cccc(Cl)c1. The van der Waals surface area contributed by atoms with Gasteiger partial charge in [0.15, 0.2) is 0 Å². The number of carbonyl (C=O) groups excluding carboxylic acids is 1. The van der Waals surface area contributed by atoms with E-state index in [1.165, 1.54) is 4.88 Å². The largest absolute Gasteiger partial charge is 0.348 e. The zero-order chi connectivity index (χ0) is 16.2. The topological polar surface area (TPSA) is 32.3 Å². The molecule has 0 saturated carbocycles. The van der Waals surface area contributed by atoms with Crippen LogP contribution in [0.1, 0.15) is 42.3 Å². The van der Waals surface area contributed by atoms with Gasteiger partial charge in [-0.25, -0.2) is 0 Å². The molecule has 1 N–H and O–H groups in total. The van der Waals surface area contributed by atoms with E-state index in [1.54, 1.807) is 11.3 Å². The molecule has 0 spiro atoms. The number of nitrogens with one attached hydrogen (secondary N) is 1. The second-order valence-corrected chi connectivity index (χ2v) is 7.40. The molecule has 3 rings (SSSR count). The highest BCUT2D eigenvalue weighted by Gasteiger charge is 2.28. The fourth-order valence-corrected chi connectivity index (χ4v) is 4.24. The van der Waals surface area contributed by atoms with Crippen LogP contribution in [0.5, 0.6) is 0 Å². The van der Waals surface area contributed by atoms with Gasteiger partial charge in [-0.05, 0) is 55.5 Å². The van der Waals surface area contributed by atoms with Gasteiger partial charge in [-0.15, -0.1) is 11.3 Å². The van der Waals surface area contributed by atoms with Crippen LogP contribution in [0.4, 0.5) is 0 Å². The number of hydrogen-bond donors (Lipinski definition) is 1. The lowest BCUT2D eigenvalue weighted by atomic mass is 10.1. The van der Waals surface area contributed by atoms with Crippen molar-refractivity contribution in [1.29, 1.82) is 0 Å². The van der Waals surface area contributed by atoms with Gasteiger partial charge in [0.25, 0.3) is 0 Å². The van der Waals surface area contributed by atoms with Crippen molar-refractivity contribution >= 4 is 28.8 Å². The van der Waals surface area contributed by atoms with E-state index in [4.69, 9.17) is 11.6 Å². The molecule has 1 aliphatic heterocycles. The van der Waals surface area contributed by atoms with E-state index >= 15 is 0 Å². The number of halogens is 1. The molecular weight excluding hydrogens is 328 g/mol. The van der Waals surface area contributed by atoms with Crippen molar-refractivity contribution in [1.82, 2.24) is 10.2 Å². The fraction of sp³-hybridized carbons (Fsp3) is 0.389. The predicted molar refractivity (Wildman–Crippen MR) is 95.9 cm³/mol. The zero-order valence-corrected chi connectivity index (χ0v) is 14.7. The van der Waals surface area contributed by atoms with E-state index in [9.17, 15) is 4.79 Å². The number of benzene rings is 1. The first-order chi connectivity index (χ1) is 11.1. The first-order valence-corrected chi connectivity index (χ1v) is 9.21. The molecule has 2 aromatic rings. The minimum atomic E-state index is -0.0380. The number of likely N-dealkylation sites (tertiary alicyclic amines) is 1. The Morgan fingerprint density at radius 1 is 1.43 bits per heavy atom. The molecule has 1 aromatic heterocycles. The van der Waals surface area contributed by atoms with E-state index in [1.807, 2.05) is 31.2 Å². The van der Waals surface area contributed by atoms with E-state index in [0.29, 0.717) is 17.6 Å². The minimum absolute atomic E-state index is 0.0380. The molecular formula is C18H21ClN2OS. The number of rotatable bonds is 5. The Morgan fingerprint density at radius 2 is 2.30 bits per heavy atom. The van der Waals surface area contributed by atoms with Crippen molar-refractivity contribution < 1.29 is 4.79 Å². The third-order valence-electron chi connectivity index (χ3n) is 4.31. The smallest absolute Gasteiger partial charge is 0.234 e. The lowest BCUT2D eigenvalue weighted by Gasteiger charge is -2.24. The summed E-state index contributed by atoms with van der Waals surface area (Å²) in [6.45, 7) is 3.43. The van der Waals surface area contributed by atoms with Crippen molar-refractivity contribution in [2.45, 2.75) is 31.8 Å². The molecule has 23 heavy (non-hydrogen) atoms. The maximum absolute atomic E-state index is 12.4. The lowest BCUT2D eigenvalue weighted by Crippen LogP contribution is -2.37. The van der Waals surface area contributed by atoms with Gasteiger partial charge in [0.2, 0.25) is 5.91 Å². The highest BCUT2D eigenvalue weighted by molar-refractivity contribution is 7.10. The maximum atomic E-state index is 12.4. The maximum Gasteiger partial charge on any atom is 0.234 e. The first-order valence-electron chi connectivity index (χ1n) is 7.96. The molecule has 1 aromatic carbocycles. The molecule has 5 heteroatoms. The summed E-state index contributed by atoms with van der Waals surface area (Å²) in [4.78, 5) is 16.0. The van der Waals surface area contributed by atoms with Gasteiger partial charge < -0.3 is 5.32 Å². The van der Waals surface area contributed by atoms with Crippen molar-refractivity contribution in [3.63, 3.8) is 0 Å². The van der Waals surface area contributed by atoms with Crippen molar-refractivity contribution in [2.75, 3.05) is 13.1 Å².